The van der Waals surface area contributed by atoms with Crippen LogP contribution in [0.4, 0.5) is 0 Å². The summed E-state index contributed by atoms with van der Waals surface area (Å²) in [7, 11) is -3.34. The van der Waals surface area contributed by atoms with Gasteiger partial charge in [0.15, 0.2) is 0 Å². The van der Waals surface area contributed by atoms with E-state index in [-0.39, 0.29) is 16.7 Å². The lowest BCUT2D eigenvalue weighted by Crippen LogP contribution is -2.35. The van der Waals surface area contributed by atoms with Crippen molar-refractivity contribution in [3.8, 4) is 0 Å². The van der Waals surface area contributed by atoms with Crippen molar-refractivity contribution >= 4 is 27.2 Å². The molecule has 0 aromatic heterocycles. The molecular weight excluding hydrogens is 224 g/mol. The van der Waals surface area contributed by atoms with Crippen molar-refractivity contribution in [2.45, 2.75) is 6.42 Å². The van der Waals surface area contributed by atoms with Crippen LogP contribution in [-0.2, 0) is 14.8 Å². The highest BCUT2D eigenvalue weighted by molar-refractivity contribution is 7.92. The first kappa shape index (κ1) is 11.8. The van der Waals surface area contributed by atoms with E-state index in [9.17, 15) is 8.42 Å². The van der Waals surface area contributed by atoms with E-state index in [4.69, 9.17) is 10.5 Å². The molecule has 7 heteroatoms. The monoisotopic (exact) mass is 238 g/mol. The molecule has 1 aliphatic heterocycles. The summed E-state index contributed by atoms with van der Waals surface area (Å²) in [6.07, 6.45) is 0.898. The molecule has 1 rings (SSSR count). The molecule has 0 aliphatic carbocycles. The molecule has 1 heterocycles. The van der Waals surface area contributed by atoms with Crippen molar-refractivity contribution in [2.75, 3.05) is 25.5 Å². The molecule has 0 radical (unpaired) electrons. The predicted octanol–water partition coefficient (Wildman–Crippen LogP) is -0.772. The standard InChI is InChI=1S/C7H14N2O3S2/c8-7(13)5-14(10,11)9-3-6-1-2-12-4-6/h6,9H,1-5H2,(H2,8,13). The average Bonchev–Trinajstić information content (AvgIpc) is 2.50. The van der Waals surface area contributed by atoms with Crippen molar-refractivity contribution < 1.29 is 13.2 Å². The number of rotatable bonds is 5. The second kappa shape index (κ2) is 5.01. The van der Waals surface area contributed by atoms with Crippen LogP contribution < -0.4 is 10.5 Å². The third kappa shape index (κ3) is 4.32. The average molecular weight is 238 g/mol. The summed E-state index contributed by atoms with van der Waals surface area (Å²) >= 11 is 4.53. The molecule has 0 bridgehead atoms. The van der Waals surface area contributed by atoms with Gasteiger partial charge in [0.1, 0.15) is 5.75 Å². The van der Waals surface area contributed by atoms with E-state index in [0.717, 1.165) is 6.42 Å². The number of thiocarbonyl (C=S) groups is 1. The predicted molar refractivity (Wildman–Crippen MR) is 57.5 cm³/mol. The third-order valence-corrected chi connectivity index (χ3v) is 3.57. The van der Waals surface area contributed by atoms with Gasteiger partial charge in [-0.3, -0.25) is 0 Å². The van der Waals surface area contributed by atoms with E-state index < -0.39 is 10.0 Å². The molecular formula is C7H14N2O3S2. The molecule has 1 atom stereocenters. The largest absolute Gasteiger partial charge is 0.392 e. The van der Waals surface area contributed by atoms with E-state index in [2.05, 4.69) is 16.9 Å². The number of nitrogens with one attached hydrogen (secondary N) is 1. The van der Waals surface area contributed by atoms with Crippen LogP contribution in [-0.4, -0.2) is 38.9 Å². The Kier molecular flexibility index (Phi) is 4.24. The molecule has 1 unspecified atom stereocenters. The first-order chi connectivity index (χ1) is 6.49. The zero-order valence-electron chi connectivity index (χ0n) is 7.73. The van der Waals surface area contributed by atoms with Gasteiger partial charge >= 0.3 is 0 Å². The van der Waals surface area contributed by atoms with E-state index in [1.165, 1.54) is 0 Å². The summed E-state index contributed by atoms with van der Waals surface area (Å²) < 4.78 is 30.1. The van der Waals surface area contributed by atoms with Gasteiger partial charge < -0.3 is 10.5 Å². The van der Waals surface area contributed by atoms with Gasteiger partial charge in [0.2, 0.25) is 10.0 Å². The molecule has 5 nitrogen and oxygen atoms in total. The van der Waals surface area contributed by atoms with Gasteiger partial charge in [0.05, 0.1) is 11.6 Å². The first-order valence-electron chi connectivity index (χ1n) is 4.33. The van der Waals surface area contributed by atoms with Gasteiger partial charge in [-0.2, -0.15) is 0 Å². The molecule has 1 fully saturated rings. The lowest BCUT2D eigenvalue weighted by Gasteiger charge is -2.09. The normalized spacial score (nSPS) is 22.4. The number of hydrogen-bond acceptors (Lipinski definition) is 4. The number of sulfonamides is 1. The molecule has 3 N–H and O–H groups in total. The Bertz CT molecular complexity index is 296. The molecule has 0 saturated carbocycles. The topological polar surface area (TPSA) is 81.4 Å². The summed E-state index contributed by atoms with van der Waals surface area (Å²) in [6.45, 7) is 1.74. The van der Waals surface area contributed by atoms with Crippen molar-refractivity contribution in [1.29, 1.82) is 0 Å². The zero-order valence-corrected chi connectivity index (χ0v) is 9.36. The molecule has 1 saturated heterocycles. The highest BCUT2D eigenvalue weighted by atomic mass is 32.2. The minimum atomic E-state index is -3.34. The van der Waals surface area contributed by atoms with E-state index in [0.29, 0.717) is 19.8 Å². The molecule has 14 heavy (non-hydrogen) atoms. The minimum absolute atomic E-state index is 0.0137. The molecule has 0 aromatic carbocycles. The number of ether oxygens (including phenoxy) is 1. The third-order valence-electron chi connectivity index (χ3n) is 1.95. The van der Waals surface area contributed by atoms with Gasteiger partial charge in [-0.05, 0) is 12.3 Å². The first-order valence-corrected chi connectivity index (χ1v) is 6.39. The molecule has 0 amide bonds. The molecule has 0 spiro atoms. The lowest BCUT2D eigenvalue weighted by atomic mass is 10.1. The number of nitrogens with two attached hydrogens (primary N) is 1. The zero-order chi connectivity index (χ0) is 10.6. The van der Waals surface area contributed by atoms with Gasteiger partial charge in [-0.25, -0.2) is 13.1 Å². The van der Waals surface area contributed by atoms with Crippen LogP contribution in [0.15, 0.2) is 0 Å². The maximum atomic E-state index is 11.3. The van der Waals surface area contributed by atoms with Crippen molar-refractivity contribution in [1.82, 2.24) is 4.72 Å². The Morgan fingerprint density at radius 2 is 2.36 bits per heavy atom. The van der Waals surface area contributed by atoms with Crippen molar-refractivity contribution in [2.24, 2.45) is 11.7 Å². The van der Waals surface area contributed by atoms with Gasteiger partial charge in [-0.1, -0.05) is 12.2 Å². The van der Waals surface area contributed by atoms with Gasteiger partial charge in [0.25, 0.3) is 0 Å². The maximum absolute atomic E-state index is 11.3. The fourth-order valence-corrected chi connectivity index (χ4v) is 2.66. The lowest BCUT2D eigenvalue weighted by molar-refractivity contribution is 0.186. The maximum Gasteiger partial charge on any atom is 0.218 e. The van der Waals surface area contributed by atoms with Crippen LogP contribution >= 0.6 is 12.2 Å². The van der Waals surface area contributed by atoms with Gasteiger partial charge in [0, 0.05) is 13.2 Å². The Morgan fingerprint density at radius 3 is 2.86 bits per heavy atom. The van der Waals surface area contributed by atoms with Crippen molar-refractivity contribution in [3.63, 3.8) is 0 Å². The van der Waals surface area contributed by atoms with E-state index >= 15 is 0 Å². The smallest absolute Gasteiger partial charge is 0.218 e. The van der Waals surface area contributed by atoms with Crippen LogP contribution in [0.2, 0.25) is 0 Å². The Morgan fingerprint density at radius 1 is 1.64 bits per heavy atom. The summed E-state index contributed by atoms with van der Waals surface area (Å²) in [5.41, 5.74) is 5.15. The second-order valence-corrected chi connectivity index (χ2v) is 5.63. The summed E-state index contributed by atoms with van der Waals surface area (Å²) in [5, 5.41) is 0. The Hall–Kier alpha value is -0.240. The van der Waals surface area contributed by atoms with Crippen molar-refractivity contribution in [3.05, 3.63) is 0 Å². The summed E-state index contributed by atoms with van der Waals surface area (Å²) in [5.74, 6) is -0.00765. The van der Waals surface area contributed by atoms with Crippen LogP contribution in [0.5, 0.6) is 0 Å². The fraction of sp³-hybridized carbons (Fsp3) is 0.857. The minimum Gasteiger partial charge on any atom is -0.392 e. The Balaban J connectivity index is 2.32. The Labute approximate surface area is 89.0 Å². The summed E-state index contributed by atoms with van der Waals surface area (Å²) in [6, 6.07) is 0. The second-order valence-electron chi connectivity index (χ2n) is 3.30. The van der Waals surface area contributed by atoms with Crippen LogP contribution in [0.25, 0.3) is 0 Å². The number of hydrogen-bond donors (Lipinski definition) is 2. The van der Waals surface area contributed by atoms with Crippen LogP contribution in [0, 0.1) is 5.92 Å². The molecule has 1 aliphatic rings. The highest BCUT2D eigenvalue weighted by Crippen LogP contribution is 2.10. The van der Waals surface area contributed by atoms with E-state index in [1.54, 1.807) is 0 Å². The van der Waals surface area contributed by atoms with Crippen LogP contribution in [0.3, 0.4) is 0 Å². The fourth-order valence-electron chi connectivity index (χ4n) is 1.23. The SMILES string of the molecule is NC(=S)CS(=O)(=O)NCC1CCOC1. The molecule has 82 valence electrons. The summed E-state index contributed by atoms with van der Waals surface area (Å²) in [4.78, 5) is -0.0137. The highest BCUT2D eigenvalue weighted by Gasteiger charge is 2.19. The quantitative estimate of drug-likeness (QED) is 0.615. The molecule has 0 aromatic rings. The van der Waals surface area contributed by atoms with Gasteiger partial charge in [-0.15, -0.1) is 0 Å². The van der Waals surface area contributed by atoms with E-state index in [1.807, 2.05) is 0 Å². The van der Waals surface area contributed by atoms with Crippen LogP contribution in [0.1, 0.15) is 6.42 Å².